The van der Waals surface area contributed by atoms with Crippen LogP contribution in [0.1, 0.15) is 0 Å². The third kappa shape index (κ3) is 5.24. The van der Waals surface area contributed by atoms with E-state index in [0.717, 1.165) is 17.4 Å². The molecule has 1 aliphatic heterocycles. The fraction of sp³-hybridized carbons (Fsp3) is 0.346. The van der Waals surface area contributed by atoms with E-state index in [9.17, 15) is 18.7 Å². The number of thiazole rings is 1. The molecule has 15 heteroatoms. The number of benzene rings is 1. The first-order valence-corrected chi connectivity index (χ1v) is 13.7. The SMILES string of the molecule is Nc1nc2c(sc(=O)n2CCN2CCN(c3cc(OC[C@H](O)CO)c(F)cc3F)CC2)c2cc(-c3ccco3)nn12. The van der Waals surface area contributed by atoms with E-state index in [0.29, 0.717) is 66.6 Å². The Morgan fingerprint density at radius 2 is 1.95 bits per heavy atom. The van der Waals surface area contributed by atoms with Crippen LogP contribution >= 0.6 is 11.3 Å². The number of hydrogen-bond acceptors (Lipinski definition) is 11. The van der Waals surface area contributed by atoms with Crippen molar-refractivity contribution >= 4 is 38.8 Å². The molecule has 1 saturated heterocycles. The maximum atomic E-state index is 14.6. The summed E-state index contributed by atoms with van der Waals surface area (Å²) in [6, 6.07) is 7.40. The zero-order chi connectivity index (χ0) is 28.7. The second-order valence-electron chi connectivity index (χ2n) is 9.66. The van der Waals surface area contributed by atoms with E-state index in [4.69, 9.17) is 20.0 Å². The first kappa shape index (κ1) is 27.1. The Hall–Kier alpha value is -4.05. The quantitative estimate of drug-likeness (QED) is 0.233. The number of anilines is 2. The van der Waals surface area contributed by atoms with Gasteiger partial charge in [0.1, 0.15) is 28.9 Å². The van der Waals surface area contributed by atoms with Crippen LogP contribution in [0.3, 0.4) is 0 Å². The van der Waals surface area contributed by atoms with Crippen molar-refractivity contribution in [2.24, 2.45) is 0 Å². The topological polar surface area (TPSA) is 148 Å². The van der Waals surface area contributed by atoms with Crippen molar-refractivity contribution in [1.29, 1.82) is 0 Å². The van der Waals surface area contributed by atoms with Crippen LogP contribution in [0.4, 0.5) is 20.4 Å². The molecule has 5 aromatic rings. The number of ether oxygens (including phenoxy) is 1. The van der Waals surface area contributed by atoms with Crippen LogP contribution in [-0.2, 0) is 6.54 Å². The predicted molar refractivity (Wildman–Crippen MR) is 148 cm³/mol. The Bertz CT molecular complexity index is 1740. The van der Waals surface area contributed by atoms with Crippen LogP contribution in [0.5, 0.6) is 5.75 Å². The van der Waals surface area contributed by atoms with Crippen molar-refractivity contribution in [3.05, 3.63) is 57.9 Å². The van der Waals surface area contributed by atoms with Crippen molar-refractivity contribution in [2.75, 3.05) is 56.6 Å². The number of rotatable bonds is 9. The average Bonchev–Trinajstić information content (AvgIpc) is 3.71. The molecule has 0 unspecified atom stereocenters. The van der Waals surface area contributed by atoms with Gasteiger partial charge in [-0.15, -0.1) is 0 Å². The van der Waals surface area contributed by atoms with Crippen molar-refractivity contribution < 1.29 is 28.1 Å². The highest BCUT2D eigenvalue weighted by Crippen LogP contribution is 2.30. The zero-order valence-corrected chi connectivity index (χ0v) is 22.6. The fourth-order valence-electron chi connectivity index (χ4n) is 4.85. The maximum Gasteiger partial charge on any atom is 0.309 e. The summed E-state index contributed by atoms with van der Waals surface area (Å²) in [5, 5.41) is 22.9. The van der Waals surface area contributed by atoms with E-state index in [1.807, 2.05) is 6.07 Å². The van der Waals surface area contributed by atoms with Crippen molar-refractivity contribution in [1.82, 2.24) is 24.1 Å². The Balaban J connectivity index is 1.14. The highest BCUT2D eigenvalue weighted by atomic mass is 32.1. The minimum absolute atomic E-state index is 0.154. The predicted octanol–water partition coefficient (Wildman–Crippen LogP) is 1.78. The van der Waals surface area contributed by atoms with Crippen LogP contribution < -0.4 is 20.2 Å². The second-order valence-corrected chi connectivity index (χ2v) is 10.6. The molecule has 1 atom stereocenters. The van der Waals surface area contributed by atoms with Crippen LogP contribution in [0.15, 0.2) is 45.8 Å². The fourth-order valence-corrected chi connectivity index (χ4v) is 5.81. The first-order valence-electron chi connectivity index (χ1n) is 12.9. The molecular formula is C26H27F2N7O5S. The van der Waals surface area contributed by atoms with Crippen LogP contribution in [-0.4, -0.2) is 86.3 Å². The van der Waals surface area contributed by atoms with Gasteiger partial charge in [0.25, 0.3) is 0 Å². The number of nitrogens with two attached hydrogens (primary N) is 1. The third-order valence-electron chi connectivity index (χ3n) is 7.02. The summed E-state index contributed by atoms with van der Waals surface area (Å²) >= 11 is 1.08. The summed E-state index contributed by atoms with van der Waals surface area (Å²) in [5.41, 5.74) is 8.13. The number of halogens is 2. The Labute approximate surface area is 235 Å². The van der Waals surface area contributed by atoms with Gasteiger partial charge in [0.2, 0.25) is 5.95 Å². The molecule has 4 aromatic heterocycles. The van der Waals surface area contributed by atoms with E-state index in [-0.39, 0.29) is 28.9 Å². The van der Waals surface area contributed by atoms with Gasteiger partial charge in [0.05, 0.1) is 24.1 Å². The standard InChI is InChI=1S/C26H27F2N7O5S/c27-16-10-17(28)22(40-14-15(37)13-36)12-19(16)33-6-3-32(4-7-33)5-8-34-24-23(41-26(34)38)20-11-18(21-2-1-9-39-21)31-35(20)25(29)30-24/h1-2,9-12,15,36-37H,3-8,13-14H2,(H2,29,30)/t15-/m1/s1. The van der Waals surface area contributed by atoms with Crippen LogP contribution in [0.2, 0.25) is 0 Å². The third-order valence-corrected chi connectivity index (χ3v) is 8.01. The lowest BCUT2D eigenvalue weighted by molar-refractivity contribution is 0.0523. The number of piperazine rings is 1. The molecule has 4 N–H and O–H groups in total. The largest absolute Gasteiger partial charge is 0.488 e. The lowest BCUT2D eigenvalue weighted by atomic mass is 10.2. The molecule has 12 nitrogen and oxygen atoms in total. The molecule has 41 heavy (non-hydrogen) atoms. The normalized spacial score (nSPS) is 15.3. The van der Waals surface area contributed by atoms with Gasteiger partial charge in [-0.05, 0) is 18.2 Å². The molecule has 5 heterocycles. The van der Waals surface area contributed by atoms with Crippen molar-refractivity contribution in [2.45, 2.75) is 12.6 Å². The highest BCUT2D eigenvalue weighted by molar-refractivity contribution is 7.17. The molecule has 6 rings (SSSR count). The lowest BCUT2D eigenvalue weighted by Gasteiger charge is -2.36. The van der Waals surface area contributed by atoms with Crippen molar-refractivity contribution in [3.63, 3.8) is 0 Å². The highest BCUT2D eigenvalue weighted by Gasteiger charge is 2.23. The van der Waals surface area contributed by atoms with Gasteiger partial charge in [-0.2, -0.15) is 14.6 Å². The van der Waals surface area contributed by atoms with Gasteiger partial charge in [0.15, 0.2) is 23.0 Å². The number of hydrogen-bond donors (Lipinski definition) is 3. The second kappa shape index (κ2) is 11.1. The van der Waals surface area contributed by atoms with Gasteiger partial charge >= 0.3 is 4.87 Å². The summed E-state index contributed by atoms with van der Waals surface area (Å²) < 4.78 is 43.3. The van der Waals surface area contributed by atoms with Crippen LogP contribution in [0, 0.1) is 11.6 Å². The zero-order valence-electron chi connectivity index (χ0n) is 21.7. The number of fused-ring (bicyclic) bond motifs is 3. The molecule has 1 aromatic carbocycles. The van der Waals surface area contributed by atoms with E-state index >= 15 is 0 Å². The van der Waals surface area contributed by atoms with Gasteiger partial charge in [0, 0.05) is 51.4 Å². The number of furan rings is 1. The molecule has 0 radical (unpaired) electrons. The molecule has 0 saturated carbocycles. The smallest absolute Gasteiger partial charge is 0.309 e. The van der Waals surface area contributed by atoms with Crippen molar-refractivity contribution in [3.8, 4) is 17.2 Å². The molecule has 0 amide bonds. The minimum Gasteiger partial charge on any atom is -0.488 e. The van der Waals surface area contributed by atoms with E-state index in [1.54, 1.807) is 27.9 Å². The molecule has 1 fully saturated rings. The van der Waals surface area contributed by atoms with E-state index in [2.05, 4.69) is 15.0 Å². The average molecular weight is 588 g/mol. The Kier molecular flexibility index (Phi) is 7.33. The number of nitrogen functional groups attached to an aromatic ring is 1. The molecule has 0 spiro atoms. The Morgan fingerprint density at radius 3 is 2.68 bits per heavy atom. The minimum atomic E-state index is -1.17. The number of nitrogens with zero attached hydrogens (tertiary/aromatic N) is 6. The van der Waals surface area contributed by atoms with E-state index in [1.165, 1.54) is 10.6 Å². The summed E-state index contributed by atoms with van der Waals surface area (Å²) in [5.74, 6) is -1.07. The first-order chi connectivity index (χ1) is 19.8. The van der Waals surface area contributed by atoms with E-state index < -0.39 is 24.3 Å². The monoisotopic (exact) mass is 587 g/mol. The van der Waals surface area contributed by atoms with Gasteiger partial charge in [-0.3, -0.25) is 14.3 Å². The molecular weight excluding hydrogens is 560 g/mol. The van der Waals surface area contributed by atoms with Gasteiger partial charge in [-0.1, -0.05) is 11.3 Å². The Morgan fingerprint density at radius 1 is 1.15 bits per heavy atom. The van der Waals surface area contributed by atoms with Gasteiger partial charge < -0.3 is 30.0 Å². The van der Waals surface area contributed by atoms with Gasteiger partial charge in [-0.25, -0.2) is 8.78 Å². The maximum absolute atomic E-state index is 14.6. The van der Waals surface area contributed by atoms with Crippen LogP contribution in [0.25, 0.3) is 27.3 Å². The molecule has 0 bridgehead atoms. The number of aromatic nitrogens is 4. The lowest BCUT2D eigenvalue weighted by Crippen LogP contribution is -2.47. The number of aliphatic hydroxyl groups excluding tert-OH is 2. The molecule has 0 aliphatic carbocycles. The molecule has 1 aliphatic rings. The summed E-state index contributed by atoms with van der Waals surface area (Å²) in [7, 11) is 0. The summed E-state index contributed by atoms with van der Waals surface area (Å²) in [4.78, 5) is 21.2. The summed E-state index contributed by atoms with van der Waals surface area (Å²) in [6.45, 7) is 2.20. The number of aliphatic hydroxyl groups is 2. The summed E-state index contributed by atoms with van der Waals surface area (Å²) in [6.07, 6.45) is 0.386. The molecule has 216 valence electrons.